The Labute approximate surface area is 63.6 Å². The Hall–Kier alpha value is 0.290. The van der Waals surface area contributed by atoms with E-state index in [0.717, 1.165) is 6.42 Å². The van der Waals surface area contributed by atoms with Gasteiger partial charge < -0.3 is 0 Å². The smallest absolute Gasteiger partial charge is 0.0307 e. The predicted molar refractivity (Wildman–Crippen MR) is 43.8 cm³/mol. The standard InChI is InChI=1S/C8H16Cl/c1-7(2)5-4-6-8(3)9/h8H,4-6H2,1-3H3. The molecule has 0 aliphatic rings. The first kappa shape index (κ1) is 9.29. The van der Waals surface area contributed by atoms with E-state index in [1.807, 2.05) is 6.92 Å². The lowest BCUT2D eigenvalue weighted by Gasteiger charge is -2.03. The van der Waals surface area contributed by atoms with E-state index in [1.54, 1.807) is 0 Å². The molecule has 1 heteroatoms. The topological polar surface area (TPSA) is 0 Å². The molecular formula is C8H16Cl. The third-order valence-corrected chi connectivity index (χ3v) is 1.50. The summed E-state index contributed by atoms with van der Waals surface area (Å²) < 4.78 is 0. The van der Waals surface area contributed by atoms with Crippen molar-refractivity contribution in [1.29, 1.82) is 0 Å². The summed E-state index contributed by atoms with van der Waals surface area (Å²) in [6.07, 6.45) is 3.62. The van der Waals surface area contributed by atoms with Gasteiger partial charge in [-0.25, -0.2) is 0 Å². The second-order valence-corrected chi connectivity index (χ2v) is 3.63. The van der Waals surface area contributed by atoms with E-state index < -0.39 is 0 Å². The molecule has 0 N–H and O–H groups in total. The predicted octanol–water partition coefficient (Wildman–Crippen LogP) is 3.40. The first-order valence-electron chi connectivity index (χ1n) is 3.56. The van der Waals surface area contributed by atoms with Gasteiger partial charge in [-0.2, -0.15) is 0 Å². The molecule has 0 rings (SSSR count). The van der Waals surface area contributed by atoms with Crippen molar-refractivity contribution in [3.05, 3.63) is 5.92 Å². The van der Waals surface area contributed by atoms with E-state index in [0.29, 0.717) is 5.38 Å². The number of hydrogen-bond donors (Lipinski definition) is 0. The Morgan fingerprint density at radius 3 is 2.33 bits per heavy atom. The highest BCUT2D eigenvalue weighted by atomic mass is 35.5. The molecule has 0 spiro atoms. The van der Waals surface area contributed by atoms with Crippen molar-refractivity contribution in [3.63, 3.8) is 0 Å². The highest BCUT2D eigenvalue weighted by Crippen LogP contribution is 2.12. The van der Waals surface area contributed by atoms with E-state index >= 15 is 0 Å². The molecule has 0 bridgehead atoms. The van der Waals surface area contributed by atoms with Crippen molar-refractivity contribution in [3.8, 4) is 0 Å². The van der Waals surface area contributed by atoms with E-state index in [1.165, 1.54) is 18.8 Å². The van der Waals surface area contributed by atoms with E-state index in [4.69, 9.17) is 11.6 Å². The minimum atomic E-state index is 0.351. The first-order valence-corrected chi connectivity index (χ1v) is 3.99. The molecule has 9 heavy (non-hydrogen) atoms. The van der Waals surface area contributed by atoms with Gasteiger partial charge in [0.1, 0.15) is 0 Å². The summed E-state index contributed by atoms with van der Waals surface area (Å²) in [6, 6.07) is 0. The van der Waals surface area contributed by atoms with Gasteiger partial charge in [-0.05, 0) is 25.7 Å². The van der Waals surface area contributed by atoms with Crippen LogP contribution in [0.2, 0.25) is 0 Å². The Morgan fingerprint density at radius 2 is 2.00 bits per heavy atom. The molecular weight excluding hydrogens is 132 g/mol. The molecule has 0 saturated carbocycles. The number of alkyl halides is 1. The Bertz CT molecular complexity index is 49.6. The van der Waals surface area contributed by atoms with Gasteiger partial charge in [0.15, 0.2) is 0 Å². The van der Waals surface area contributed by atoms with Gasteiger partial charge in [-0.15, -0.1) is 11.6 Å². The fraction of sp³-hybridized carbons (Fsp3) is 0.875. The van der Waals surface area contributed by atoms with E-state index in [9.17, 15) is 0 Å². The van der Waals surface area contributed by atoms with Crippen LogP contribution in [-0.2, 0) is 0 Å². The zero-order valence-electron chi connectivity index (χ0n) is 6.58. The second kappa shape index (κ2) is 5.10. The summed E-state index contributed by atoms with van der Waals surface area (Å²) in [6.45, 7) is 6.38. The zero-order chi connectivity index (χ0) is 7.28. The molecule has 1 unspecified atom stereocenters. The fourth-order valence-electron chi connectivity index (χ4n) is 0.737. The minimum Gasteiger partial charge on any atom is -0.123 e. The van der Waals surface area contributed by atoms with Crippen LogP contribution in [-0.4, -0.2) is 5.38 Å². The number of hydrogen-bond acceptors (Lipinski definition) is 0. The largest absolute Gasteiger partial charge is 0.123 e. The molecule has 0 aliphatic heterocycles. The van der Waals surface area contributed by atoms with Crippen molar-refractivity contribution in [2.24, 2.45) is 0 Å². The molecule has 55 valence electrons. The molecule has 0 fully saturated rings. The molecule has 0 amide bonds. The van der Waals surface area contributed by atoms with Crippen LogP contribution in [0.25, 0.3) is 0 Å². The minimum absolute atomic E-state index is 0.351. The van der Waals surface area contributed by atoms with Crippen molar-refractivity contribution >= 4 is 11.6 Å². The molecule has 0 heterocycles. The number of halogens is 1. The maximum Gasteiger partial charge on any atom is 0.0307 e. The van der Waals surface area contributed by atoms with Crippen LogP contribution >= 0.6 is 11.6 Å². The van der Waals surface area contributed by atoms with Crippen molar-refractivity contribution in [2.75, 3.05) is 0 Å². The summed E-state index contributed by atoms with van der Waals surface area (Å²) in [5.41, 5.74) is 0. The summed E-state index contributed by atoms with van der Waals surface area (Å²) in [4.78, 5) is 0. The maximum absolute atomic E-state index is 5.75. The van der Waals surface area contributed by atoms with Crippen molar-refractivity contribution in [1.82, 2.24) is 0 Å². The highest BCUT2D eigenvalue weighted by molar-refractivity contribution is 6.20. The monoisotopic (exact) mass is 147 g/mol. The SMILES string of the molecule is C[C](C)CCCC(C)Cl. The summed E-state index contributed by atoms with van der Waals surface area (Å²) in [5.74, 6) is 1.51. The highest BCUT2D eigenvalue weighted by Gasteiger charge is 1.97. The van der Waals surface area contributed by atoms with E-state index in [2.05, 4.69) is 13.8 Å². The lowest BCUT2D eigenvalue weighted by Crippen LogP contribution is -1.92. The lowest BCUT2D eigenvalue weighted by atomic mass is 10.1. The number of rotatable bonds is 4. The Balaban J connectivity index is 2.91. The molecule has 0 saturated heterocycles. The van der Waals surface area contributed by atoms with Crippen LogP contribution in [0.5, 0.6) is 0 Å². The molecule has 0 aromatic carbocycles. The van der Waals surface area contributed by atoms with Gasteiger partial charge in [0.2, 0.25) is 0 Å². The lowest BCUT2D eigenvalue weighted by molar-refractivity contribution is 0.682. The van der Waals surface area contributed by atoms with Crippen LogP contribution in [0, 0.1) is 5.92 Å². The summed E-state index contributed by atoms with van der Waals surface area (Å²) >= 11 is 5.75. The van der Waals surface area contributed by atoms with Gasteiger partial charge in [-0.1, -0.05) is 20.3 Å². The van der Waals surface area contributed by atoms with Crippen LogP contribution in [0.4, 0.5) is 0 Å². The molecule has 0 aliphatic carbocycles. The van der Waals surface area contributed by atoms with Crippen LogP contribution in [0.15, 0.2) is 0 Å². The molecule has 1 atom stereocenters. The maximum atomic E-state index is 5.75. The van der Waals surface area contributed by atoms with Gasteiger partial charge in [0.25, 0.3) is 0 Å². The quantitative estimate of drug-likeness (QED) is 0.535. The second-order valence-electron chi connectivity index (χ2n) is 2.88. The van der Waals surface area contributed by atoms with E-state index in [-0.39, 0.29) is 0 Å². The van der Waals surface area contributed by atoms with Gasteiger partial charge in [0, 0.05) is 5.38 Å². The Morgan fingerprint density at radius 1 is 1.44 bits per heavy atom. The molecule has 0 aromatic heterocycles. The van der Waals surface area contributed by atoms with Crippen LogP contribution < -0.4 is 0 Å². The van der Waals surface area contributed by atoms with Crippen LogP contribution in [0.1, 0.15) is 40.0 Å². The zero-order valence-corrected chi connectivity index (χ0v) is 7.33. The van der Waals surface area contributed by atoms with Gasteiger partial charge >= 0.3 is 0 Å². The third kappa shape index (κ3) is 8.29. The molecule has 0 aromatic rings. The average molecular weight is 148 g/mol. The fourth-order valence-corrected chi connectivity index (χ4v) is 0.891. The summed E-state index contributed by atoms with van der Waals surface area (Å²) in [5, 5.41) is 0.351. The first-order chi connectivity index (χ1) is 4.13. The molecule has 1 radical (unpaired) electrons. The van der Waals surface area contributed by atoms with Gasteiger partial charge in [0.05, 0.1) is 0 Å². The molecule has 0 nitrogen and oxygen atoms in total. The van der Waals surface area contributed by atoms with Gasteiger partial charge in [-0.3, -0.25) is 0 Å². The van der Waals surface area contributed by atoms with Crippen molar-refractivity contribution in [2.45, 2.75) is 45.4 Å². The average Bonchev–Trinajstić information content (AvgIpc) is 1.63. The van der Waals surface area contributed by atoms with Crippen LogP contribution in [0.3, 0.4) is 0 Å². The van der Waals surface area contributed by atoms with Crippen molar-refractivity contribution < 1.29 is 0 Å². The third-order valence-electron chi connectivity index (χ3n) is 1.28. The normalized spacial score (nSPS) is 14.3. The summed E-state index contributed by atoms with van der Waals surface area (Å²) in [7, 11) is 0. The Kier molecular flexibility index (Phi) is 5.27.